The van der Waals surface area contributed by atoms with Crippen molar-refractivity contribution in [3.05, 3.63) is 41.4 Å². The van der Waals surface area contributed by atoms with Crippen molar-refractivity contribution in [3.63, 3.8) is 0 Å². The van der Waals surface area contributed by atoms with Gasteiger partial charge in [-0.15, -0.1) is 0 Å². The van der Waals surface area contributed by atoms with Gasteiger partial charge < -0.3 is 9.84 Å². The number of carboxylic acids is 1. The van der Waals surface area contributed by atoms with E-state index in [1.54, 1.807) is 30.3 Å². The normalized spacial score (nSPS) is 10.5. The molecule has 0 fully saturated rings. The van der Waals surface area contributed by atoms with Crippen LogP contribution in [0.25, 0.3) is 0 Å². The Balaban J connectivity index is 2.26. The third-order valence-electron chi connectivity index (χ3n) is 1.63. The average molecular weight is 227 g/mol. The number of rotatable bonds is 5. The maximum absolute atomic E-state index is 10.1. The van der Waals surface area contributed by atoms with Crippen LogP contribution in [-0.4, -0.2) is 17.7 Å². The van der Waals surface area contributed by atoms with Crippen molar-refractivity contribution in [2.24, 2.45) is 0 Å². The number of hydrogen-bond acceptors (Lipinski definition) is 2. The molecule has 4 heteroatoms. The summed E-state index contributed by atoms with van der Waals surface area (Å²) in [5.41, 5.74) is 0. The van der Waals surface area contributed by atoms with Gasteiger partial charge in [0.15, 0.2) is 0 Å². The lowest BCUT2D eigenvalue weighted by atomic mass is 10.3. The van der Waals surface area contributed by atoms with E-state index >= 15 is 0 Å². The molecule has 0 bridgehead atoms. The molecule has 0 spiro atoms. The quantitative estimate of drug-likeness (QED) is 0.620. The second kappa shape index (κ2) is 6.09. The van der Waals surface area contributed by atoms with Crippen molar-refractivity contribution >= 4 is 17.6 Å². The molecule has 0 saturated heterocycles. The maximum atomic E-state index is 10.1. The Bertz CT molecular complexity index is 343. The molecule has 1 N–H and O–H groups in total. The van der Waals surface area contributed by atoms with Gasteiger partial charge in [0.05, 0.1) is 6.61 Å². The molecule has 15 heavy (non-hydrogen) atoms. The molecule has 0 aliphatic heterocycles. The predicted octanol–water partition coefficient (Wildman–Crippen LogP) is 2.75. The van der Waals surface area contributed by atoms with E-state index in [9.17, 15) is 4.79 Å². The summed E-state index contributed by atoms with van der Waals surface area (Å²) in [6, 6.07) is 7.01. The predicted molar refractivity (Wildman–Crippen MR) is 58.3 cm³/mol. The van der Waals surface area contributed by atoms with Gasteiger partial charge in [0.2, 0.25) is 0 Å². The van der Waals surface area contributed by atoms with E-state index in [1.807, 2.05) is 0 Å². The van der Waals surface area contributed by atoms with Gasteiger partial charge in [-0.3, -0.25) is 0 Å². The zero-order valence-electron chi connectivity index (χ0n) is 8.02. The molecule has 0 radical (unpaired) electrons. The summed E-state index contributed by atoms with van der Waals surface area (Å²) in [4.78, 5) is 10.1. The number of halogens is 1. The number of aliphatic carboxylic acids is 1. The molecule has 1 aromatic rings. The summed E-state index contributed by atoms with van der Waals surface area (Å²) in [6.07, 6.45) is 3.22. The Morgan fingerprint density at radius 3 is 2.67 bits per heavy atom. The van der Waals surface area contributed by atoms with Gasteiger partial charge in [0, 0.05) is 11.1 Å². The minimum Gasteiger partial charge on any atom is -0.493 e. The van der Waals surface area contributed by atoms with Crippen molar-refractivity contribution in [2.45, 2.75) is 6.42 Å². The summed E-state index contributed by atoms with van der Waals surface area (Å²) in [5.74, 6) is -0.218. The molecule has 0 amide bonds. The molecule has 0 aliphatic rings. The second-order valence-corrected chi connectivity index (χ2v) is 3.27. The van der Waals surface area contributed by atoms with E-state index < -0.39 is 5.97 Å². The SMILES string of the molecule is O=C(O)/C=C/CCOc1ccc(Cl)cc1. The number of ether oxygens (including phenoxy) is 1. The van der Waals surface area contributed by atoms with Crippen LogP contribution in [0.4, 0.5) is 0 Å². The number of carbonyl (C=O) groups is 1. The van der Waals surface area contributed by atoms with Crippen molar-refractivity contribution in [2.75, 3.05) is 6.61 Å². The molecular weight excluding hydrogens is 216 g/mol. The minimum absolute atomic E-state index is 0.450. The molecule has 0 aromatic heterocycles. The zero-order chi connectivity index (χ0) is 11.1. The Hall–Kier alpha value is -1.48. The molecule has 3 nitrogen and oxygen atoms in total. The molecule has 1 aromatic carbocycles. The van der Waals surface area contributed by atoms with Crippen LogP contribution in [-0.2, 0) is 4.79 Å². The monoisotopic (exact) mass is 226 g/mol. The average Bonchev–Trinajstić information content (AvgIpc) is 2.20. The van der Waals surface area contributed by atoms with Gasteiger partial charge in [-0.25, -0.2) is 4.79 Å². The second-order valence-electron chi connectivity index (χ2n) is 2.83. The van der Waals surface area contributed by atoms with Crippen LogP contribution in [0.15, 0.2) is 36.4 Å². The first kappa shape index (κ1) is 11.6. The first-order chi connectivity index (χ1) is 7.18. The van der Waals surface area contributed by atoms with Gasteiger partial charge >= 0.3 is 5.97 Å². The fourth-order valence-corrected chi connectivity index (χ4v) is 1.09. The van der Waals surface area contributed by atoms with Crippen molar-refractivity contribution in [3.8, 4) is 5.75 Å². The topological polar surface area (TPSA) is 46.5 Å². The lowest BCUT2D eigenvalue weighted by molar-refractivity contribution is -0.131. The standard InChI is InChI=1S/C11H11ClO3/c12-9-4-6-10(7-5-9)15-8-2-1-3-11(13)14/h1,3-7H,2,8H2,(H,13,14)/b3-1+. The Kier molecular flexibility index (Phi) is 4.71. The number of hydrogen-bond donors (Lipinski definition) is 1. The maximum Gasteiger partial charge on any atom is 0.327 e. The van der Waals surface area contributed by atoms with Gasteiger partial charge in [-0.1, -0.05) is 17.7 Å². The summed E-state index contributed by atoms with van der Waals surface area (Å²) in [7, 11) is 0. The minimum atomic E-state index is -0.943. The Morgan fingerprint density at radius 1 is 1.40 bits per heavy atom. The van der Waals surface area contributed by atoms with E-state index in [4.69, 9.17) is 21.4 Å². The molecule has 0 aliphatic carbocycles. The highest BCUT2D eigenvalue weighted by atomic mass is 35.5. The van der Waals surface area contributed by atoms with Crippen molar-refractivity contribution in [1.82, 2.24) is 0 Å². The molecule has 0 heterocycles. The fraction of sp³-hybridized carbons (Fsp3) is 0.182. The molecule has 0 atom stereocenters. The lowest BCUT2D eigenvalue weighted by Crippen LogP contribution is -1.95. The Labute approximate surface area is 92.9 Å². The highest BCUT2D eigenvalue weighted by Gasteiger charge is 1.92. The van der Waals surface area contributed by atoms with Crippen molar-refractivity contribution in [1.29, 1.82) is 0 Å². The van der Waals surface area contributed by atoms with Crippen LogP contribution < -0.4 is 4.74 Å². The van der Waals surface area contributed by atoms with Crippen LogP contribution >= 0.6 is 11.6 Å². The smallest absolute Gasteiger partial charge is 0.327 e. The van der Waals surface area contributed by atoms with E-state index in [0.29, 0.717) is 18.1 Å². The lowest BCUT2D eigenvalue weighted by Gasteiger charge is -2.03. The third kappa shape index (κ3) is 5.08. The van der Waals surface area contributed by atoms with E-state index in [1.165, 1.54) is 0 Å². The van der Waals surface area contributed by atoms with Crippen LogP contribution in [0.3, 0.4) is 0 Å². The molecule has 80 valence electrons. The van der Waals surface area contributed by atoms with E-state index in [0.717, 1.165) is 11.8 Å². The van der Waals surface area contributed by atoms with Crippen LogP contribution in [0.5, 0.6) is 5.75 Å². The van der Waals surface area contributed by atoms with Crippen LogP contribution in [0.1, 0.15) is 6.42 Å². The first-order valence-corrected chi connectivity index (χ1v) is 4.84. The summed E-state index contributed by atoms with van der Waals surface area (Å²) in [6.45, 7) is 0.450. The number of carboxylic acid groups (broad SMARTS) is 1. The molecular formula is C11H11ClO3. The molecule has 0 saturated carbocycles. The molecule has 1 rings (SSSR count). The number of benzene rings is 1. The third-order valence-corrected chi connectivity index (χ3v) is 1.88. The van der Waals surface area contributed by atoms with Crippen LogP contribution in [0.2, 0.25) is 5.02 Å². The van der Waals surface area contributed by atoms with E-state index in [2.05, 4.69) is 0 Å². The van der Waals surface area contributed by atoms with Gasteiger partial charge in [-0.05, 0) is 30.7 Å². The van der Waals surface area contributed by atoms with Gasteiger partial charge in [-0.2, -0.15) is 0 Å². The summed E-state index contributed by atoms with van der Waals surface area (Å²) >= 11 is 5.70. The Morgan fingerprint density at radius 2 is 2.07 bits per heavy atom. The van der Waals surface area contributed by atoms with Gasteiger partial charge in [0.1, 0.15) is 5.75 Å². The van der Waals surface area contributed by atoms with E-state index in [-0.39, 0.29) is 0 Å². The summed E-state index contributed by atoms with van der Waals surface area (Å²) < 4.78 is 5.34. The highest BCUT2D eigenvalue weighted by Crippen LogP contribution is 2.15. The largest absolute Gasteiger partial charge is 0.493 e. The van der Waals surface area contributed by atoms with Crippen molar-refractivity contribution < 1.29 is 14.6 Å². The zero-order valence-corrected chi connectivity index (χ0v) is 8.78. The van der Waals surface area contributed by atoms with Crippen LogP contribution in [0, 0.1) is 0 Å². The first-order valence-electron chi connectivity index (χ1n) is 4.46. The van der Waals surface area contributed by atoms with Gasteiger partial charge in [0.25, 0.3) is 0 Å². The molecule has 0 unspecified atom stereocenters. The highest BCUT2D eigenvalue weighted by molar-refractivity contribution is 6.30. The fourth-order valence-electron chi connectivity index (χ4n) is 0.960. The summed E-state index contributed by atoms with van der Waals surface area (Å²) in [5, 5.41) is 8.98.